The van der Waals surface area contributed by atoms with Gasteiger partial charge in [-0.05, 0) is 30.2 Å². The van der Waals surface area contributed by atoms with Crippen LogP contribution >= 0.6 is 0 Å². The van der Waals surface area contributed by atoms with Crippen molar-refractivity contribution in [2.75, 3.05) is 32.8 Å². The predicted molar refractivity (Wildman–Crippen MR) is 105 cm³/mol. The molecule has 1 aliphatic heterocycles. The van der Waals surface area contributed by atoms with Gasteiger partial charge in [-0.25, -0.2) is 0 Å². The highest BCUT2D eigenvalue weighted by Crippen LogP contribution is 2.39. The van der Waals surface area contributed by atoms with Gasteiger partial charge in [0.2, 0.25) is 11.7 Å². The zero-order chi connectivity index (χ0) is 19.2. The molecule has 6 nitrogen and oxygen atoms in total. The van der Waals surface area contributed by atoms with Crippen molar-refractivity contribution in [1.82, 2.24) is 5.32 Å². The van der Waals surface area contributed by atoms with Gasteiger partial charge in [-0.3, -0.25) is 4.79 Å². The number of benzene rings is 2. The number of rotatable bonds is 8. The lowest BCUT2D eigenvalue weighted by molar-refractivity contribution is -0.117. The van der Waals surface area contributed by atoms with E-state index in [1.165, 1.54) is 0 Å². The molecule has 3 rings (SSSR count). The molecular weight excluding hydrogens is 344 g/mol. The molecule has 2 aromatic carbocycles. The summed E-state index contributed by atoms with van der Waals surface area (Å²) in [6.45, 7) is 2.16. The molecule has 0 aliphatic carbocycles. The van der Waals surface area contributed by atoms with Crippen LogP contribution in [0.5, 0.6) is 17.2 Å². The van der Waals surface area contributed by atoms with Crippen molar-refractivity contribution in [3.05, 3.63) is 47.5 Å². The van der Waals surface area contributed by atoms with Crippen LogP contribution in [0.15, 0.2) is 36.4 Å². The van der Waals surface area contributed by atoms with Crippen LogP contribution in [0.1, 0.15) is 24.0 Å². The second-order valence-electron chi connectivity index (χ2n) is 6.41. The third kappa shape index (κ3) is 4.17. The first-order valence-electron chi connectivity index (χ1n) is 9.05. The number of anilines is 1. The molecule has 1 amide bonds. The molecule has 1 fully saturated rings. The maximum absolute atomic E-state index is 11.8. The summed E-state index contributed by atoms with van der Waals surface area (Å²) in [5.74, 6) is 2.12. The van der Waals surface area contributed by atoms with Crippen molar-refractivity contribution in [2.24, 2.45) is 0 Å². The maximum atomic E-state index is 11.8. The second-order valence-corrected chi connectivity index (χ2v) is 6.41. The minimum absolute atomic E-state index is 0.210. The molecular formula is C21H26N2O4. The molecule has 2 aromatic rings. The Bertz CT molecular complexity index is 790. The zero-order valence-electron chi connectivity index (χ0n) is 16.1. The van der Waals surface area contributed by atoms with Crippen LogP contribution in [0.3, 0.4) is 0 Å². The van der Waals surface area contributed by atoms with Gasteiger partial charge < -0.3 is 24.4 Å². The van der Waals surface area contributed by atoms with E-state index in [1.807, 2.05) is 29.2 Å². The molecule has 0 saturated carbocycles. The quantitative estimate of drug-likeness (QED) is 0.774. The maximum Gasteiger partial charge on any atom is 0.227 e. The van der Waals surface area contributed by atoms with Gasteiger partial charge >= 0.3 is 0 Å². The molecule has 0 spiro atoms. The van der Waals surface area contributed by atoms with Gasteiger partial charge in [-0.2, -0.15) is 0 Å². The number of carbonyl (C=O) groups is 1. The third-order valence-electron chi connectivity index (χ3n) is 4.75. The van der Waals surface area contributed by atoms with Crippen LogP contribution in [0, 0.1) is 0 Å². The Balaban J connectivity index is 1.62. The van der Waals surface area contributed by atoms with Crippen LogP contribution in [-0.2, 0) is 17.9 Å². The summed E-state index contributed by atoms with van der Waals surface area (Å²) < 4.78 is 16.3. The molecule has 1 N–H and O–H groups in total. The van der Waals surface area contributed by atoms with E-state index in [1.54, 1.807) is 21.3 Å². The van der Waals surface area contributed by atoms with E-state index >= 15 is 0 Å². The summed E-state index contributed by atoms with van der Waals surface area (Å²) >= 11 is 0. The first-order chi connectivity index (χ1) is 13.2. The number of hydrogen-bond donors (Lipinski definition) is 1. The molecule has 1 heterocycles. The van der Waals surface area contributed by atoms with Gasteiger partial charge in [0.15, 0.2) is 11.5 Å². The lowest BCUT2D eigenvalue weighted by atomic mass is 10.1. The molecule has 1 aliphatic rings. The fourth-order valence-electron chi connectivity index (χ4n) is 3.36. The Morgan fingerprint density at radius 2 is 1.67 bits per heavy atom. The Labute approximate surface area is 160 Å². The monoisotopic (exact) mass is 370 g/mol. The minimum Gasteiger partial charge on any atom is -0.493 e. The molecule has 6 heteroatoms. The summed E-state index contributed by atoms with van der Waals surface area (Å²) in [7, 11) is 4.83. The van der Waals surface area contributed by atoms with E-state index in [0.717, 1.165) is 29.8 Å². The van der Waals surface area contributed by atoms with E-state index in [0.29, 0.717) is 36.8 Å². The van der Waals surface area contributed by atoms with Gasteiger partial charge in [-0.1, -0.05) is 18.2 Å². The SMILES string of the molecule is COc1ccc(CNCc2ccc(N3CCCC3=O)cc2)c(OC)c1OC. The van der Waals surface area contributed by atoms with Crippen LogP contribution in [0.25, 0.3) is 0 Å². The van der Waals surface area contributed by atoms with Crippen LogP contribution in [0.2, 0.25) is 0 Å². The fourth-order valence-corrected chi connectivity index (χ4v) is 3.36. The average molecular weight is 370 g/mol. The summed E-state index contributed by atoms with van der Waals surface area (Å²) in [4.78, 5) is 13.7. The fraction of sp³-hybridized carbons (Fsp3) is 0.381. The predicted octanol–water partition coefficient (Wildman–Crippen LogP) is 3.13. The molecule has 0 aromatic heterocycles. The first-order valence-corrected chi connectivity index (χ1v) is 9.05. The number of methoxy groups -OCH3 is 3. The summed E-state index contributed by atoms with van der Waals surface area (Å²) in [6, 6.07) is 12.0. The number of amides is 1. The normalized spacial score (nSPS) is 13.7. The van der Waals surface area contributed by atoms with Gasteiger partial charge in [0.25, 0.3) is 0 Å². The molecule has 27 heavy (non-hydrogen) atoms. The summed E-state index contributed by atoms with van der Waals surface area (Å²) in [5, 5.41) is 3.42. The molecule has 0 bridgehead atoms. The van der Waals surface area contributed by atoms with Crippen molar-refractivity contribution >= 4 is 11.6 Å². The third-order valence-corrected chi connectivity index (χ3v) is 4.75. The van der Waals surface area contributed by atoms with Gasteiger partial charge in [-0.15, -0.1) is 0 Å². The molecule has 0 atom stereocenters. The summed E-state index contributed by atoms with van der Waals surface area (Å²) in [5.41, 5.74) is 3.13. The Kier molecular flexibility index (Phi) is 6.19. The second kappa shape index (κ2) is 8.77. The average Bonchev–Trinajstić information content (AvgIpc) is 3.13. The number of hydrogen-bond acceptors (Lipinski definition) is 5. The number of nitrogens with zero attached hydrogens (tertiary/aromatic N) is 1. The van der Waals surface area contributed by atoms with Crippen molar-refractivity contribution in [1.29, 1.82) is 0 Å². The van der Waals surface area contributed by atoms with E-state index in [4.69, 9.17) is 14.2 Å². The van der Waals surface area contributed by atoms with E-state index in [2.05, 4.69) is 17.4 Å². The highest BCUT2D eigenvalue weighted by molar-refractivity contribution is 5.95. The topological polar surface area (TPSA) is 60.0 Å². The molecule has 0 radical (unpaired) electrons. The van der Waals surface area contributed by atoms with Crippen LogP contribution in [-0.4, -0.2) is 33.8 Å². The first kappa shape index (κ1) is 19.0. The molecule has 0 unspecified atom stereocenters. The Hall–Kier alpha value is -2.73. The highest BCUT2D eigenvalue weighted by atomic mass is 16.5. The Morgan fingerprint density at radius 1 is 0.926 bits per heavy atom. The van der Waals surface area contributed by atoms with Crippen LogP contribution < -0.4 is 24.4 Å². The van der Waals surface area contributed by atoms with Gasteiger partial charge in [0, 0.05) is 37.3 Å². The number of nitrogens with one attached hydrogen (secondary N) is 1. The smallest absolute Gasteiger partial charge is 0.227 e. The minimum atomic E-state index is 0.210. The van der Waals surface area contributed by atoms with E-state index in [-0.39, 0.29) is 5.91 Å². The van der Waals surface area contributed by atoms with Crippen molar-refractivity contribution in [3.8, 4) is 17.2 Å². The van der Waals surface area contributed by atoms with Crippen LogP contribution in [0.4, 0.5) is 5.69 Å². The van der Waals surface area contributed by atoms with Gasteiger partial charge in [0.05, 0.1) is 21.3 Å². The van der Waals surface area contributed by atoms with Crippen molar-refractivity contribution < 1.29 is 19.0 Å². The van der Waals surface area contributed by atoms with E-state index < -0.39 is 0 Å². The molecule has 1 saturated heterocycles. The standard InChI is InChI=1S/C21H26N2O4/c1-25-18-11-8-16(20(26-2)21(18)27-3)14-22-13-15-6-9-17(10-7-15)23-12-4-5-19(23)24/h6-11,22H,4-5,12-14H2,1-3H3. The highest BCUT2D eigenvalue weighted by Gasteiger charge is 2.21. The summed E-state index contributed by atoms with van der Waals surface area (Å²) in [6.07, 6.45) is 1.59. The zero-order valence-corrected chi connectivity index (χ0v) is 16.1. The van der Waals surface area contributed by atoms with Gasteiger partial charge in [0.1, 0.15) is 0 Å². The van der Waals surface area contributed by atoms with Crippen molar-refractivity contribution in [3.63, 3.8) is 0 Å². The number of ether oxygens (including phenoxy) is 3. The van der Waals surface area contributed by atoms with E-state index in [9.17, 15) is 4.79 Å². The van der Waals surface area contributed by atoms with Crippen molar-refractivity contribution in [2.45, 2.75) is 25.9 Å². The lowest BCUT2D eigenvalue weighted by Gasteiger charge is -2.17. The largest absolute Gasteiger partial charge is 0.493 e. The molecule has 144 valence electrons. The number of carbonyl (C=O) groups excluding carboxylic acids is 1. The lowest BCUT2D eigenvalue weighted by Crippen LogP contribution is -2.23. The Morgan fingerprint density at radius 3 is 2.26 bits per heavy atom.